The van der Waals surface area contributed by atoms with Crippen molar-refractivity contribution in [1.29, 1.82) is 0 Å². The maximum Gasteiger partial charge on any atom is 0.283 e. The molecule has 0 saturated carbocycles. The van der Waals surface area contributed by atoms with Crippen LogP contribution in [0.1, 0.15) is 5.56 Å². The number of hydrogen-bond donors (Lipinski definition) is 1. The number of anilines is 1. The van der Waals surface area contributed by atoms with E-state index in [-0.39, 0.29) is 9.63 Å². The van der Waals surface area contributed by atoms with Gasteiger partial charge in [0.1, 0.15) is 10.4 Å². The molecule has 1 N–H and O–H groups in total. The lowest BCUT2D eigenvalue weighted by Crippen LogP contribution is -2.28. The van der Waals surface area contributed by atoms with Crippen molar-refractivity contribution in [2.75, 3.05) is 11.4 Å². The Bertz CT molecular complexity index is 668. The molecule has 0 saturated heterocycles. The van der Waals surface area contributed by atoms with E-state index in [4.69, 9.17) is 0 Å². The van der Waals surface area contributed by atoms with Gasteiger partial charge in [0.05, 0.1) is 6.33 Å². The molecule has 0 atom stereocenters. The summed E-state index contributed by atoms with van der Waals surface area (Å²) in [5.74, 6) is 0.388. The number of nitrogens with one attached hydrogen (secondary N) is 1. The molecule has 2 heterocycles. The van der Waals surface area contributed by atoms with Crippen molar-refractivity contribution in [3.63, 3.8) is 0 Å². The van der Waals surface area contributed by atoms with Crippen molar-refractivity contribution in [1.82, 2.24) is 15.0 Å². The van der Waals surface area contributed by atoms with Crippen LogP contribution in [0.25, 0.3) is 0 Å². The lowest BCUT2D eigenvalue weighted by atomic mass is 10.3. The fourth-order valence-electron chi connectivity index (χ4n) is 1.50. The Kier molecular flexibility index (Phi) is 3.40. The van der Waals surface area contributed by atoms with Gasteiger partial charge < -0.3 is 4.98 Å². The van der Waals surface area contributed by atoms with Gasteiger partial charge in [-0.1, -0.05) is 6.07 Å². The summed E-state index contributed by atoms with van der Waals surface area (Å²) >= 11 is 3.09. The van der Waals surface area contributed by atoms with Gasteiger partial charge in [0.15, 0.2) is 5.03 Å². The van der Waals surface area contributed by atoms with Crippen LogP contribution < -0.4 is 4.31 Å². The molecule has 8 heteroatoms. The number of sulfonamides is 1. The summed E-state index contributed by atoms with van der Waals surface area (Å²) in [4.78, 5) is 10.5. The van der Waals surface area contributed by atoms with E-state index in [1.165, 1.54) is 13.4 Å². The summed E-state index contributed by atoms with van der Waals surface area (Å²) < 4.78 is 26.1. The van der Waals surface area contributed by atoms with E-state index >= 15 is 0 Å². The number of H-pyrrole nitrogens is 1. The predicted molar refractivity (Wildman–Crippen MR) is 70.9 cm³/mol. The number of pyridine rings is 1. The molecule has 2 aromatic rings. The van der Waals surface area contributed by atoms with Crippen molar-refractivity contribution in [2.45, 2.75) is 11.9 Å². The molecule has 0 aromatic carbocycles. The van der Waals surface area contributed by atoms with E-state index in [1.54, 1.807) is 25.3 Å². The molecule has 18 heavy (non-hydrogen) atoms. The number of aromatic amines is 1. The van der Waals surface area contributed by atoms with Crippen LogP contribution in [0.5, 0.6) is 0 Å². The fourth-order valence-corrected chi connectivity index (χ4v) is 3.49. The van der Waals surface area contributed by atoms with E-state index in [9.17, 15) is 8.42 Å². The second-order valence-corrected chi connectivity index (χ2v) is 6.30. The average molecular weight is 331 g/mol. The molecule has 96 valence electrons. The van der Waals surface area contributed by atoms with E-state index in [2.05, 4.69) is 30.9 Å². The van der Waals surface area contributed by atoms with Gasteiger partial charge in [0.25, 0.3) is 10.0 Å². The monoisotopic (exact) mass is 330 g/mol. The number of aromatic nitrogens is 3. The molecule has 0 amide bonds. The van der Waals surface area contributed by atoms with Gasteiger partial charge in [-0.2, -0.15) is 8.42 Å². The number of nitrogens with zero attached hydrogens (tertiary/aromatic N) is 3. The number of aryl methyl sites for hydroxylation is 1. The van der Waals surface area contributed by atoms with E-state index in [0.29, 0.717) is 5.82 Å². The van der Waals surface area contributed by atoms with Crippen LogP contribution in [0.15, 0.2) is 34.3 Å². The summed E-state index contributed by atoms with van der Waals surface area (Å²) in [5.41, 5.74) is 0.777. The average Bonchev–Trinajstić information content (AvgIpc) is 2.76. The molecule has 0 aliphatic rings. The van der Waals surface area contributed by atoms with Crippen molar-refractivity contribution in [3.05, 3.63) is 34.8 Å². The molecule has 6 nitrogen and oxygen atoms in total. The Morgan fingerprint density at radius 2 is 2.11 bits per heavy atom. The number of rotatable bonds is 3. The first-order valence-electron chi connectivity index (χ1n) is 5.04. The first-order chi connectivity index (χ1) is 8.44. The quantitative estimate of drug-likeness (QED) is 0.928. The van der Waals surface area contributed by atoms with Gasteiger partial charge in [0.2, 0.25) is 0 Å². The van der Waals surface area contributed by atoms with Crippen LogP contribution in [0, 0.1) is 6.92 Å². The summed E-state index contributed by atoms with van der Waals surface area (Å²) in [6.07, 6.45) is 2.87. The normalized spacial score (nSPS) is 11.5. The van der Waals surface area contributed by atoms with Crippen molar-refractivity contribution >= 4 is 31.8 Å². The third kappa shape index (κ3) is 2.13. The van der Waals surface area contributed by atoms with Crippen LogP contribution in [0.4, 0.5) is 5.82 Å². The van der Waals surface area contributed by atoms with Gasteiger partial charge in [0, 0.05) is 13.2 Å². The zero-order chi connectivity index (χ0) is 13.3. The van der Waals surface area contributed by atoms with Crippen LogP contribution in [-0.2, 0) is 10.0 Å². The second-order valence-electron chi connectivity index (χ2n) is 3.64. The van der Waals surface area contributed by atoms with Crippen molar-refractivity contribution < 1.29 is 8.42 Å². The lowest BCUT2D eigenvalue weighted by Gasteiger charge is -2.19. The second kappa shape index (κ2) is 4.69. The van der Waals surface area contributed by atoms with Crippen LogP contribution >= 0.6 is 15.9 Å². The maximum atomic E-state index is 12.4. The van der Waals surface area contributed by atoms with Gasteiger partial charge in [-0.15, -0.1) is 0 Å². The minimum absolute atomic E-state index is 0.00931. The topological polar surface area (TPSA) is 79.0 Å². The number of hydrogen-bond acceptors (Lipinski definition) is 4. The van der Waals surface area contributed by atoms with Gasteiger partial charge in [-0.3, -0.25) is 4.31 Å². The Labute approximate surface area is 113 Å². The van der Waals surface area contributed by atoms with E-state index in [1.807, 2.05) is 0 Å². The number of imidazole rings is 1. The minimum atomic E-state index is -3.70. The molecular weight excluding hydrogens is 320 g/mol. The SMILES string of the molecule is Cc1cccnc1N(C)S(=O)(=O)c1[nH]cnc1Br. The highest BCUT2D eigenvalue weighted by molar-refractivity contribution is 9.10. The van der Waals surface area contributed by atoms with Crippen molar-refractivity contribution in [3.8, 4) is 0 Å². The molecule has 2 rings (SSSR count). The largest absolute Gasteiger partial charge is 0.333 e. The van der Waals surface area contributed by atoms with Crippen LogP contribution in [0.2, 0.25) is 0 Å². The van der Waals surface area contributed by atoms with E-state index in [0.717, 1.165) is 9.87 Å². The molecular formula is C10H11BrN4O2S. The summed E-state index contributed by atoms with van der Waals surface area (Å²) in [5, 5.41) is 0.00931. The highest BCUT2D eigenvalue weighted by atomic mass is 79.9. The Morgan fingerprint density at radius 3 is 2.67 bits per heavy atom. The van der Waals surface area contributed by atoms with Gasteiger partial charge in [-0.25, -0.2) is 9.97 Å². The molecule has 0 spiro atoms. The van der Waals surface area contributed by atoms with Gasteiger partial charge >= 0.3 is 0 Å². The fraction of sp³-hybridized carbons (Fsp3) is 0.200. The van der Waals surface area contributed by atoms with E-state index < -0.39 is 10.0 Å². The summed E-state index contributed by atoms with van der Waals surface area (Å²) in [6.45, 7) is 1.80. The third-order valence-electron chi connectivity index (χ3n) is 2.46. The zero-order valence-electron chi connectivity index (χ0n) is 9.75. The molecule has 2 aromatic heterocycles. The molecule has 0 unspecified atom stereocenters. The molecule has 0 aliphatic carbocycles. The highest BCUT2D eigenvalue weighted by Gasteiger charge is 2.27. The van der Waals surface area contributed by atoms with Crippen LogP contribution in [0.3, 0.4) is 0 Å². The Hall–Kier alpha value is -1.41. The van der Waals surface area contributed by atoms with Gasteiger partial charge in [-0.05, 0) is 34.5 Å². The maximum absolute atomic E-state index is 12.4. The molecule has 0 radical (unpaired) electrons. The minimum Gasteiger partial charge on any atom is -0.333 e. The van der Waals surface area contributed by atoms with Crippen LogP contribution in [-0.4, -0.2) is 30.4 Å². The highest BCUT2D eigenvalue weighted by Crippen LogP contribution is 2.25. The number of halogens is 1. The Morgan fingerprint density at radius 1 is 1.39 bits per heavy atom. The standard InChI is InChI=1S/C10H11BrN4O2S/c1-7-4-3-5-12-9(7)15(2)18(16,17)10-8(11)13-6-14-10/h3-6H,1-2H3,(H,13,14). The smallest absolute Gasteiger partial charge is 0.283 e. The first-order valence-corrected chi connectivity index (χ1v) is 7.27. The lowest BCUT2D eigenvalue weighted by molar-refractivity contribution is 0.590. The molecule has 0 fully saturated rings. The third-order valence-corrected chi connectivity index (χ3v) is 5.04. The van der Waals surface area contributed by atoms with Crippen molar-refractivity contribution in [2.24, 2.45) is 0 Å². The molecule has 0 aliphatic heterocycles. The predicted octanol–water partition coefficient (Wildman–Crippen LogP) is 1.70. The Balaban J connectivity index is 2.50. The summed E-state index contributed by atoms with van der Waals surface area (Å²) in [7, 11) is -2.24. The summed E-state index contributed by atoms with van der Waals surface area (Å²) in [6, 6.07) is 3.56. The zero-order valence-corrected chi connectivity index (χ0v) is 12.2. The molecule has 0 bridgehead atoms. The first kappa shape index (κ1) is 13.0.